The van der Waals surface area contributed by atoms with E-state index in [1.807, 2.05) is 24.3 Å². The van der Waals surface area contributed by atoms with Gasteiger partial charge < -0.3 is 29.7 Å². The van der Waals surface area contributed by atoms with E-state index in [9.17, 15) is 15.0 Å². The molecule has 0 spiro atoms. The third-order valence-electron chi connectivity index (χ3n) is 6.34. The summed E-state index contributed by atoms with van der Waals surface area (Å²) in [6.45, 7) is 1.14. The van der Waals surface area contributed by atoms with Gasteiger partial charge in [0.05, 0.1) is 13.2 Å². The number of fused-ring (bicyclic) bond motifs is 3. The minimum absolute atomic E-state index is 0.0417. The van der Waals surface area contributed by atoms with Crippen LogP contribution in [0.5, 0.6) is 0 Å². The standard InChI is InChI=1S/C27H27NO6/c29-24(25(30)17-9-11-18(12-10-17)26-32-13-14-33-26)15-28-27(31)34-16-23-21-7-3-1-5-19(21)20-6-2-4-8-22(20)23/h1-12,23-26,29-30H,13-16H2,(H,28,31). The van der Waals surface area contributed by atoms with Crippen molar-refractivity contribution in [3.05, 3.63) is 95.1 Å². The molecule has 1 amide bonds. The maximum Gasteiger partial charge on any atom is 0.407 e. The zero-order chi connectivity index (χ0) is 23.5. The lowest BCUT2D eigenvalue weighted by atomic mass is 9.98. The number of amides is 1. The summed E-state index contributed by atoms with van der Waals surface area (Å²) in [5, 5.41) is 23.4. The average molecular weight is 462 g/mol. The van der Waals surface area contributed by atoms with E-state index in [0.717, 1.165) is 27.8 Å². The van der Waals surface area contributed by atoms with E-state index in [0.29, 0.717) is 18.8 Å². The third-order valence-corrected chi connectivity index (χ3v) is 6.34. The minimum atomic E-state index is -1.19. The predicted octanol–water partition coefficient (Wildman–Crippen LogP) is 3.67. The Morgan fingerprint density at radius 3 is 2.12 bits per heavy atom. The second kappa shape index (κ2) is 9.95. The van der Waals surface area contributed by atoms with E-state index in [1.54, 1.807) is 24.3 Å². The normalized spacial score (nSPS) is 17.1. The molecule has 7 heteroatoms. The topological polar surface area (TPSA) is 97.3 Å². The summed E-state index contributed by atoms with van der Waals surface area (Å²) >= 11 is 0. The highest BCUT2D eigenvalue weighted by atomic mass is 16.7. The maximum absolute atomic E-state index is 12.3. The monoisotopic (exact) mass is 461 g/mol. The molecule has 0 aromatic heterocycles. The molecule has 2 unspecified atom stereocenters. The van der Waals surface area contributed by atoms with E-state index in [-0.39, 0.29) is 19.1 Å². The number of aliphatic hydroxyl groups is 2. The van der Waals surface area contributed by atoms with Crippen LogP contribution in [-0.2, 0) is 14.2 Å². The molecule has 34 heavy (non-hydrogen) atoms. The SMILES string of the molecule is O=C(NCC(O)C(O)c1ccc(C2OCCO2)cc1)OCC1c2ccccc2-c2ccccc21. The molecule has 0 radical (unpaired) electrons. The van der Waals surface area contributed by atoms with E-state index in [4.69, 9.17) is 14.2 Å². The van der Waals surface area contributed by atoms with Gasteiger partial charge in [-0.1, -0.05) is 72.8 Å². The Kier molecular flexibility index (Phi) is 6.60. The first-order valence-electron chi connectivity index (χ1n) is 11.4. The molecule has 0 saturated carbocycles. The van der Waals surface area contributed by atoms with Crippen LogP contribution in [0.2, 0.25) is 0 Å². The molecule has 1 heterocycles. The summed E-state index contributed by atoms with van der Waals surface area (Å²) in [5.74, 6) is -0.0417. The van der Waals surface area contributed by atoms with Crippen LogP contribution in [0.3, 0.4) is 0 Å². The Morgan fingerprint density at radius 1 is 0.912 bits per heavy atom. The van der Waals surface area contributed by atoms with Gasteiger partial charge in [0.15, 0.2) is 6.29 Å². The summed E-state index contributed by atoms with van der Waals surface area (Å²) in [5.41, 5.74) is 5.95. The average Bonchev–Trinajstić information content (AvgIpc) is 3.53. The van der Waals surface area contributed by atoms with Crippen molar-refractivity contribution in [3.63, 3.8) is 0 Å². The van der Waals surface area contributed by atoms with Gasteiger partial charge in [0.2, 0.25) is 0 Å². The quantitative estimate of drug-likeness (QED) is 0.497. The van der Waals surface area contributed by atoms with Crippen molar-refractivity contribution in [1.82, 2.24) is 5.32 Å². The highest BCUT2D eigenvalue weighted by Crippen LogP contribution is 2.44. The zero-order valence-corrected chi connectivity index (χ0v) is 18.6. The molecule has 3 aromatic carbocycles. The van der Waals surface area contributed by atoms with E-state index in [2.05, 4.69) is 29.6 Å². The van der Waals surface area contributed by atoms with Crippen molar-refractivity contribution in [1.29, 1.82) is 0 Å². The van der Waals surface area contributed by atoms with Crippen LogP contribution >= 0.6 is 0 Å². The molecule has 2 aliphatic rings. The Morgan fingerprint density at radius 2 is 1.50 bits per heavy atom. The van der Waals surface area contributed by atoms with Gasteiger partial charge in [-0.2, -0.15) is 0 Å². The van der Waals surface area contributed by atoms with Crippen molar-refractivity contribution in [2.24, 2.45) is 0 Å². The molecule has 1 saturated heterocycles. The maximum atomic E-state index is 12.3. The van der Waals surface area contributed by atoms with Gasteiger partial charge in [-0.3, -0.25) is 0 Å². The lowest BCUT2D eigenvalue weighted by molar-refractivity contribution is -0.0441. The van der Waals surface area contributed by atoms with Gasteiger partial charge >= 0.3 is 6.09 Å². The highest BCUT2D eigenvalue weighted by molar-refractivity contribution is 5.79. The smallest absolute Gasteiger partial charge is 0.407 e. The molecule has 3 N–H and O–H groups in total. The first-order chi connectivity index (χ1) is 16.6. The number of hydrogen-bond donors (Lipinski definition) is 3. The highest BCUT2D eigenvalue weighted by Gasteiger charge is 2.29. The molecule has 176 valence electrons. The summed E-state index contributed by atoms with van der Waals surface area (Å²) in [6, 6.07) is 23.2. The number of aliphatic hydroxyl groups excluding tert-OH is 2. The van der Waals surface area contributed by atoms with Crippen LogP contribution in [0.1, 0.15) is 40.6 Å². The zero-order valence-electron chi connectivity index (χ0n) is 18.6. The third kappa shape index (κ3) is 4.56. The van der Waals surface area contributed by atoms with Crippen LogP contribution in [0.15, 0.2) is 72.8 Å². The Bertz CT molecular complexity index is 1100. The molecule has 3 aromatic rings. The van der Waals surface area contributed by atoms with Gasteiger partial charge in [-0.25, -0.2) is 4.79 Å². The van der Waals surface area contributed by atoms with Gasteiger partial charge in [0, 0.05) is 18.0 Å². The van der Waals surface area contributed by atoms with E-state index < -0.39 is 24.6 Å². The Labute approximate surface area is 197 Å². The van der Waals surface area contributed by atoms with E-state index >= 15 is 0 Å². The number of nitrogens with one attached hydrogen (secondary N) is 1. The van der Waals surface area contributed by atoms with Crippen LogP contribution < -0.4 is 5.32 Å². The second-order valence-corrected chi connectivity index (χ2v) is 8.46. The predicted molar refractivity (Wildman–Crippen MR) is 125 cm³/mol. The molecule has 1 fully saturated rings. The summed E-state index contributed by atoms with van der Waals surface area (Å²) in [4.78, 5) is 12.3. The summed E-state index contributed by atoms with van der Waals surface area (Å²) < 4.78 is 16.4. The molecular weight excluding hydrogens is 434 g/mol. The number of carbonyl (C=O) groups excluding carboxylic acids is 1. The molecule has 7 nitrogen and oxygen atoms in total. The van der Waals surface area contributed by atoms with Crippen LogP contribution in [-0.4, -0.2) is 48.8 Å². The fourth-order valence-corrected chi connectivity index (χ4v) is 4.57. The fourth-order valence-electron chi connectivity index (χ4n) is 4.57. The van der Waals surface area contributed by atoms with Gasteiger partial charge in [0.25, 0.3) is 0 Å². The Hall–Kier alpha value is -3.23. The van der Waals surface area contributed by atoms with Crippen LogP contribution in [0.4, 0.5) is 4.79 Å². The second-order valence-electron chi connectivity index (χ2n) is 8.46. The van der Waals surface area contributed by atoms with Crippen LogP contribution in [0, 0.1) is 0 Å². The molecule has 2 atom stereocenters. The number of hydrogen-bond acceptors (Lipinski definition) is 6. The molecule has 0 bridgehead atoms. The van der Waals surface area contributed by atoms with Crippen molar-refractivity contribution in [3.8, 4) is 11.1 Å². The number of alkyl carbamates (subject to hydrolysis) is 1. The summed E-state index contributed by atoms with van der Waals surface area (Å²) in [7, 11) is 0. The Balaban J connectivity index is 1.14. The lowest BCUT2D eigenvalue weighted by Crippen LogP contribution is -2.36. The number of rotatable bonds is 7. The summed E-state index contributed by atoms with van der Waals surface area (Å²) in [6.07, 6.45) is -3.39. The number of ether oxygens (including phenoxy) is 3. The number of carbonyl (C=O) groups is 1. The largest absolute Gasteiger partial charge is 0.449 e. The van der Waals surface area contributed by atoms with E-state index in [1.165, 1.54) is 0 Å². The number of benzene rings is 3. The van der Waals surface area contributed by atoms with Crippen LogP contribution in [0.25, 0.3) is 11.1 Å². The van der Waals surface area contributed by atoms with Crippen molar-refractivity contribution < 1.29 is 29.2 Å². The first-order valence-corrected chi connectivity index (χ1v) is 11.4. The molecule has 1 aliphatic carbocycles. The molecule has 5 rings (SSSR count). The lowest BCUT2D eigenvalue weighted by Gasteiger charge is -2.20. The van der Waals surface area contributed by atoms with Gasteiger partial charge in [-0.05, 0) is 27.8 Å². The van der Waals surface area contributed by atoms with Crippen molar-refractivity contribution >= 4 is 6.09 Å². The van der Waals surface area contributed by atoms with Gasteiger partial charge in [0.1, 0.15) is 18.8 Å². The molecular formula is C27H27NO6. The van der Waals surface area contributed by atoms with Crippen molar-refractivity contribution in [2.45, 2.75) is 24.4 Å². The molecule has 1 aliphatic heterocycles. The van der Waals surface area contributed by atoms with Crippen molar-refractivity contribution in [2.75, 3.05) is 26.4 Å². The minimum Gasteiger partial charge on any atom is -0.449 e. The van der Waals surface area contributed by atoms with Gasteiger partial charge in [-0.15, -0.1) is 0 Å². The fraction of sp³-hybridized carbons (Fsp3) is 0.296. The first kappa shape index (κ1) is 22.6.